The number of hydrogen-bond acceptors (Lipinski definition) is 16. The molecule has 9 atom stereocenters. The van der Waals surface area contributed by atoms with Crippen molar-refractivity contribution in [3.63, 3.8) is 0 Å². The average molecular weight is 1080 g/mol. The van der Waals surface area contributed by atoms with Crippen molar-refractivity contribution in [1.29, 1.82) is 0 Å². The lowest BCUT2D eigenvalue weighted by Gasteiger charge is -2.29. The van der Waals surface area contributed by atoms with E-state index in [0.29, 0.717) is 12.1 Å². The number of aromatic amines is 1. The molecule has 1 aromatic heterocycles. The van der Waals surface area contributed by atoms with Crippen LogP contribution >= 0.6 is 0 Å². The predicted molar refractivity (Wildman–Crippen MR) is 268 cm³/mol. The van der Waals surface area contributed by atoms with Crippen LogP contribution in [0.5, 0.6) is 0 Å². The summed E-state index contributed by atoms with van der Waals surface area (Å²) in [4.78, 5) is 178. The van der Waals surface area contributed by atoms with Gasteiger partial charge in [-0.1, -0.05) is 34.1 Å². The maximum absolute atomic E-state index is 14.1. The van der Waals surface area contributed by atoms with Crippen LogP contribution in [-0.2, 0) is 68.7 Å². The second-order valence-electron chi connectivity index (χ2n) is 17.9. The number of nitrogens with two attached hydrogens (primary N) is 6. The lowest BCUT2D eigenvalue weighted by molar-refractivity contribution is -0.142. The summed E-state index contributed by atoms with van der Waals surface area (Å²) in [6.45, 7) is 6.77. The number of amides is 12. The van der Waals surface area contributed by atoms with Gasteiger partial charge in [-0.15, -0.1) is 0 Å². The van der Waals surface area contributed by atoms with Gasteiger partial charge in [0.25, 0.3) is 0 Å². The zero-order valence-electron chi connectivity index (χ0n) is 43.0. The quantitative estimate of drug-likeness (QED) is 0.0169. The van der Waals surface area contributed by atoms with Crippen molar-refractivity contribution in [3.8, 4) is 0 Å². The molecule has 0 radical (unpaired) electrons. The summed E-state index contributed by atoms with van der Waals surface area (Å²) in [5, 5.41) is 31.1. The molecule has 32 heteroatoms. The number of aliphatic carboxylic acids is 1. The lowest BCUT2D eigenvalue weighted by atomic mass is 9.96. The molecule has 0 spiro atoms. The van der Waals surface area contributed by atoms with Gasteiger partial charge < -0.3 is 92.3 Å². The molecule has 12 amide bonds. The van der Waals surface area contributed by atoms with Crippen LogP contribution in [0.15, 0.2) is 17.5 Å². The van der Waals surface area contributed by atoms with Crippen LogP contribution in [0.4, 0.5) is 0 Å². The molecule has 424 valence electrons. The molecule has 0 fully saturated rings. The Balaban J connectivity index is 3.39. The van der Waals surface area contributed by atoms with Crippen molar-refractivity contribution >= 4 is 82.8 Å². The number of hydrogen-bond donors (Lipinski definition) is 17. The number of imidazole rings is 1. The first-order valence-corrected chi connectivity index (χ1v) is 24.1. The van der Waals surface area contributed by atoms with Crippen molar-refractivity contribution in [2.45, 2.75) is 141 Å². The Kier molecular flexibility index (Phi) is 28.8. The highest BCUT2D eigenvalue weighted by Crippen LogP contribution is 2.12. The molecule has 0 aliphatic carbocycles. The number of carboxylic acid groups (broad SMARTS) is 1. The van der Waals surface area contributed by atoms with Gasteiger partial charge in [0.1, 0.15) is 48.3 Å². The minimum Gasteiger partial charge on any atom is -0.480 e. The van der Waals surface area contributed by atoms with Crippen molar-refractivity contribution in [2.75, 3.05) is 19.6 Å². The first-order valence-electron chi connectivity index (χ1n) is 24.1. The standard InChI is InChI=1S/C44H74N18O14/c1-6-21(4)35(61-32(66)16-45)42(74)62-34(20(2)3)41(73)55-22(5)36(68)60-27(14-23-17-51-19-54-23)39(71)58-25(9-11-29(46)63)38(70)57-24(8-7-13-52-44(49)50)37(69)53-18-33(67)56-28(15-31(48)65)40(72)59-26(43(75)76)10-12-30(47)64/h17,19-22,24-28,34-35H,6-16,18,45H2,1-5H3,(H2,46,63)(H2,47,64)(H2,48,65)(H,51,54)(H,53,69)(H,55,73)(H,56,67)(H,57,70)(H,58,71)(H,59,72)(H,60,68)(H,61,66)(H,62,74)(H,75,76)(H4,49,50,52)/t21-,22-,24-,25-,26-,27-,28-,34-,35-/m0/s1. The van der Waals surface area contributed by atoms with Crippen LogP contribution in [0, 0.1) is 11.8 Å². The third kappa shape index (κ3) is 25.0. The maximum atomic E-state index is 14.1. The summed E-state index contributed by atoms with van der Waals surface area (Å²) in [5.74, 6) is -13.9. The van der Waals surface area contributed by atoms with E-state index in [2.05, 4.69) is 62.8 Å². The van der Waals surface area contributed by atoms with E-state index < -0.39 is 170 Å². The minimum atomic E-state index is -1.76. The van der Waals surface area contributed by atoms with Crippen LogP contribution in [0.25, 0.3) is 0 Å². The van der Waals surface area contributed by atoms with Gasteiger partial charge >= 0.3 is 5.97 Å². The Morgan fingerprint density at radius 2 is 1.14 bits per heavy atom. The number of H-pyrrole nitrogens is 1. The van der Waals surface area contributed by atoms with Crippen molar-refractivity contribution in [1.82, 2.24) is 57.8 Å². The third-order valence-electron chi connectivity index (χ3n) is 11.3. The van der Waals surface area contributed by atoms with Gasteiger partial charge in [-0.3, -0.25) is 62.5 Å². The third-order valence-corrected chi connectivity index (χ3v) is 11.3. The molecule has 32 nitrogen and oxygen atoms in total. The minimum absolute atomic E-state index is 0.0328. The highest BCUT2D eigenvalue weighted by atomic mass is 16.4. The van der Waals surface area contributed by atoms with Crippen molar-refractivity contribution in [2.24, 2.45) is 51.2 Å². The van der Waals surface area contributed by atoms with Crippen LogP contribution < -0.4 is 82.3 Å². The number of carboxylic acids is 1. The number of primary amides is 3. The number of carbonyl (C=O) groups excluding carboxylic acids is 12. The predicted octanol–water partition coefficient (Wildman–Crippen LogP) is -7.83. The largest absolute Gasteiger partial charge is 0.480 e. The molecule has 76 heavy (non-hydrogen) atoms. The first kappa shape index (κ1) is 65.6. The highest BCUT2D eigenvalue weighted by Gasteiger charge is 2.35. The molecule has 1 rings (SSSR count). The van der Waals surface area contributed by atoms with Gasteiger partial charge in [0.15, 0.2) is 5.96 Å². The van der Waals surface area contributed by atoms with E-state index in [4.69, 9.17) is 34.4 Å². The summed E-state index contributed by atoms with van der Waals surface area (Å²) in [5.41, 5.74) is 32.3. The number of aliphatic imine (C=N–C) groups is 1. The fourth-order valence-corrected chi connectivity index (χ4v) is 6.84. The number of nitrogens with one attached hydrogen (secondary N) is 10. The van der Waals surface area contributed by atoms with E-state index in [-0.39, 0.29) is 44.2 Å². The SMILES string of the molecule is CC[C@H](C)[C@H](NC(=O)CN)C(=O)N[C@H](C(=O)N[C@@H](C)C(=O)N[C@@H](Cc1cnc[nH]1)C(=O)N[C@@H](CCC(N)=O)C(=O)N[C@@H](CCCN=C(N)N)C(=O)NCC(=O)N[C@@H](CC(N)=O)C(=O)N[C@@H](CCC(N)=O)C(=O)O)C(C)C. The van der Waals surface area contributed by atoms with Gasteiger partial charge in [0, 0.05) is 37.7 Å². The van der Waals surface area contributed by atoms with E-state index in [9.17, 15) is 67.4 Å². The summed E-state index contributed by atoms with van der Waals surface area (Å²) in [6.07, 6.45) is 0.0563. The molecular weight excluding hydrogens is 1000 g/mol. The summed E-state index contributed by atoms with van der Waals surface area (Å²) >= 11 is 0. The van der Waals surface area contributed by atoms with Gasteiger partial charge in [0.05, 0.1) is 25.8 Å². The Morgan fingerprint density at radius 1 is 0.605 bits per heavy atom. The lowest BCUT2D eigenvalue weighted by Crippen LogP contribution is -2.60. The van der Waals surface area contributed by atoms with Crippen molar-refractivity contribution in [3.05, 3.63) is 18.2 Å². The average Bonchev–Trinajstić information content (AvgIpc) is 3.86. The molecule has 0 saturated carbocycles. The second kappa shape index (κ2) is 33.4. The smallest absolute Gasteiger partial charge is 0.326 e. The van der Waals surface area contributed by atoms with Gasteiger partial charge in [-0.05, 0) is 44.4 Å². The van der Waals surface area contributed by atoms with E-state index in [1.165, 1.54) is 19.4 Å². The molecule has 1 heterocycles. The Labute approximate surface area is 437 Å². The summed E-state index contributed by atoms with van der Waals surface area (Å²) in [7, 11) is 0. The molecule has 0 aliphatic heterocycles. The zero-order chi connectivity index (χ0) is 57.8. The highest BCUT2D eigenvalue weighted by molar-refractivity contribution is 5.98. The molecule has 0 unspecified atom stereocenters. The van der Waals surface area contributed by atoms with Crippen LogP contribution in [0.3, 0.4) is 0 Å². The number of carbonyl (C=O) groups is 13. The zero-order valence-corrected chi connectivity index (χ0v) is 43.0. The van der Waals surface area contributed by atoms with Gasteiger partial charge in [-0.2, -0.15) is 0 Å². The van der Waals surface area contributed by atoms with Crippen LogP contribution in [0.2, 0.25) is 0 Å². The molecule has 23 N–H and O–H groups in total. The van der Waals surface area contributed by atoms with Crippen LogP contribution in [-0.4, -0.2) is 166 Å². The Hall–Kier alpha value is -8.45. The Bertz CT molecular complexity index is 2240. The topological polar surface area (TPSA) is 548 Å². The number of nitrogens with zero attached hydrogens (tertiary/aromatic N) is 2. The van der Waals surface area contributed by atoms with E-state index in [1.807, 2.05) is 0 Å². The summed E-state index contributed by atoms with van der Waals surface area (Å²) < 4.78 is 0. The van der Waals surface area contributed by atoms with Gasteiger partial charge in [-0.25, -0.2) is 9.78 Å². The molecule has 1 aromatic rings. The Morgan fingerprint density at radius 3 is 1.66 bits per heavy atom. The number of guanidine groups is 1. The first-order chi connectivity index (χ1) is 35.6. The van der Waals surface area contributed by atoms with E-state index >= 15 is 0 Å². The molecule has 0 saturated heterocycles. The van der Waals surface area contributed by atoms with E-state index in [0.717, 1.165) is 0 Å². The maximum Gasteiger partial charge on any atom is 0.326 e. The molecule has 0 bridgehead atoms. The normalized spacial score (nSPS) is 14.4. The van der Waals surface area contributed by atoms with Crippen LogP contribution in [0.1, 0.15) is 91.7 Å². The van der Waals surface area contributed by atoms with E-state index in [1.54, 1.807) is 27.7 Å². The molecule has 0 aromatic carbocycles. The monoisotopic (exact) mass is 1080 g/mol. The molecule has 0 aliphatic rings. The number of aromatic nitrogens is 2. The van der Waals surface area contributed by atoms with Gasteiger partial charge in [0.2, 0.25) is 70.9 Å². The summed E-state index contributed by atoms with van der Waals surface area (Å²) in [6, 6.07) is -11.7. The fourth-order valence-electron chi connectivity index (χ4n) is 6.84. The van der Waals surface area contributed by atoms with Crippen molar-refractivity contribution < 1.29 is 67.4 Å². The molecular formula is C44H74N18O14. The number of rotatable bonds is 36. The second-order valence-corrected chi connectivity index (χ2v) is 17.9. The fraction of sp³-hybridized carbons (Fsp3) is 0.614.